The highest BCUT2D eigenvalue weighted by Crippen LogP contribution is 2.39. The molecule has 0 aromatic heterocycles. The minimum atomic E-state index is -1.31. The molecule has 1 fully saturated rings. The van der Waals surface area contributed by atoms with Gasteiger partial charge in [-0.05, 0) is 17.7 Å². The Labute approximate surface area is 168 Å². The van der Waals surface area contributed by atoms with E-state index >= 15 is 0 Å². The van der Waals surface area contributed by atoms with Gasteiger partial charge < -0.3 is 10.2 Å². The van der Waals surface area contributed by atoms with Gasteiger partial charge in [0.05, 0.1) is 9.83 Å². The van der Waals surface area contributed by atoms with E-state index in [9.17, 15) is 29.9 Å². The van der Waals surface area contributed by atoms with Gasteiger partial charge >= 0.3 is 5.97 Å². The predicted molar refractivity (Wildman–Crippen MR) is 107 cm³/mol. The van der Waals surface area contributed by atoms with Crippen molar-refractivity contribution in [2.24, 2.45) is 0 Å². The maximum Gasteiger partial charge on any atom is 0.331 e. The summed E-state index contributed by atoms with van der Waals surface area (Å²) < 4.78 is 0.0393. The molecule has 2 N–H and O–H groups in total. The van der Waals surface area contributed by atoms with E-state index in [0.717, 1.165) is 34.9 Å². The fraction of sp³-hybridized carbons (Fsp3) is 0.0556. The van der Waals surface area contributed by atoms with Gasteiger partial charge in [-0.2, -0.15) is 0 Å². The standard InChI is InChI=1S/C18H12N2O6S2/c21-13-7-6-12(20(25)26)8-11(13)9-14-16(22)19(18(27)28-14)15(17(23)24)10-4-2-1-3-5-10/h1-9,15,21H,(H,23,24)/b14-9-. The first-order valence-electron chi connectivity index (χ1n) is 7.82. The number of carbonyl (C=O) groups is 2. The van der Waals surface area contributed by atoms with E-state index in [1.54, 1.807) is 30.3 Å². The molecular weight excluding hydrogens is 404 g/mol. The zero-order valence-corrected chi connectivity index (χ0v) is 15.6. The number of phenols is 1. The molecule has 3 rings (SSSR count). The minimum absolute atomic E-state index is 0.0393. The van der Waals surface area contributed by atoms with Crippen LogP contribution < -0.4 is 0 Å². The molecule has 0 bridgehead atoms. The van der Waals surface area contributed by atoms with Crippen molar-refractivity contribution in [1.29, 1.82) is 0 Å². The van der Waals surface area contributed by atoms with Crippen molar-refractivity contribution in [3.05, 3.63) is 74.7 Å². The van der Waals surface area contributed by atoms with E-state index in [4.69, 9.17) is 12.2 Å². The number of nitro groups is 1. The summed E-state index contributed by atoms with van der Waals surface area (Å²) in [6.45, 7) is 0. The zero-order valence-electron chi connectivity index (χ0n) is 14.0. The zero-order chi connectivity index (χ0) is 20.4. The molecular formula is C18H12N2O6S2. The molecule has 2 aromatic rings. The molecule has 1 unspecified atom stereocenters. The van der Waals surface area contributed by atoms with E-state index in [0.29, 0.717) is 5.56 Å². The topological polar surface area (TPSA) is 121 Å². The van der Waals surface area contributed by atoms with Crippen molar-refractivity contribution >= 4 is 51.9 Å². The van der Waals surface area contributed by atoms with Gasteiger partial charge in [-0.25, -0.2) is 4.79 Å². The van der Waals surface area contributed by atoms with E-state index < -0.39 is 22.8 Å². The van der Waals surface area contributed by atoms with Crippen LogP contribution in [0, 0.1) is 10.1 Å². The fourth-order valence-electron chi connectivity index (χ4n) is 2.65. The molecule has 0 spiro atoms. The first-order chi connectivity index (χ1) is 13.3. The normalized spacial score (nSPS) is 16.4. The molecule has 1 heterocycles. The summed E-state index contributed by atoms with van der Waals surface area (Å²) in [7, 11) is 0. The molecule has 8 nitrogen and oxygen atoms in total. The van der Waals surface area contributed by atoms with Crippen LogP contribution in [0.3, 0.4) is 0 Å². The second kappa shape index (κ2) is 7.79. The Bertz CT molecular complexity index is 1020. The van der Waals surface area contributed by atoms with Crippen LogP contribution in [-0.4, -0.2) is 36.2 Å². The molecule has 1 saturated heterocycles. The summed E-state index contributed by atoms with van der Waals surface area (Å²) >= 11 is 6.06. The number of carboxylic acid groups (broad SMARTS) is 1. The van der Waals surface area contributed by atoms with Crippen LogP contribution in [0.5, 0.6) is 5.75 Å². The van der Waals surface area contributed by atoms with E-state index in [2.05, 4.69) is 0 Å². The summed E-state index contributed by atoms with van der Waals surface area (Å²) in [5.74, 6) is -2.16. The number of hydrogen-bond acceptors (Lipinski definition) is 7. The molecule has 10 heteroatoms. The summed E-state index contributed by atoms with van der Waals surface area (Å²) in [6, 6.07) is 10.3. The van der Waals surface area contributed by atoms with E-state index in [1.807, 2.05) is 0 Å². The van der Waals surface area contributed by atoms with Gasteiger partial charge in [0, 0.05) is 17.7 Å². The van der Waals surface area contributed by atoms with Crippen molar-refractivity contribution in [3.8, 4) is 5.75 Å². The van der Waals surface area contributed by atoms with Crippen LogP contribution in [0.15, 0.2) is 53.4 Å². The first-order valence-corrected chi connectivity index (χ1v) is 9.04. The van der Waals surface area contributed by atoms with Crippen LogP contribution in [0.25, 0.3) is 6.08 Å². The van der Waals surface area contributed by atoms with Gasteiger partial charge in [-0.1, -0.05) is 54.3 Å². The lowest BCUT2D eigenvalue weighted by molar-refractivity contribution is -0.384. The van der Waals surface area contributed by atoms with Crippen LogP contribution in [0.2, 0.25) is 0 Å². The second-order valence-corrected chi connectivity index (χ2v) is 7.38. The fourth-order valence-corrected chi connectivity index (χ4v) is 3.96. The van der Waals surface area contributed by atoms with E-state index in [1.165, 1.54) is 6.08 Å². The molecule has 0 saturated carbocycles. The number of thioether (sulfide) groups is 1. The van der Waals surface area contributed by atoms with Gasteiger partial charge in [-0.15, -0.1) is 0 Å². The number of carboxylic acids is 1. The molecule has 1 aliphatic rings. The number of nitro benzene ring substituents is 1. The molecule has 28 heavy (non-hydrogen) atoms. The third-order valence-electron chi connectivity index (χ3n) is 3.94. The van der Waals surface area contributed by atoms with Crippen LogP contribution in [-0.2, 0) is 9.59 Å². The number of carbonyl (C=O) groups excluding carboxylic acids is 1. The smallest absolute Gasteiger partial charge is 0.331 e. The molecule has 2 aromatic carbocycles. The highest BCUT2D eigenvalue weighted by atomic mass is 32.2. The molecule has 1 aliphatic heterocycles. The summed E-state index contributed by atoms with van der Waals surface area (Å²) in [5, 5.41) is 30.5. The Balaban J connectivity index is 2.00. The molecule has 0 aliphatic carbocycles. The Hall–Kier alpha value is -3.24. The molecule has 1 amide bonds. The lowest BCUT2D eigenvalue weighted by Crippen LogP contribution is -2.37. The third-order valence-corrected chi connectivity index (χ3v) is 5.27. The number of phenolic OH excluding ortho intramolecular Hbond substituents is 1. The summed E-state index contributed by atoms with van der Waals surface area (Å²) in [4.78, 5) is 36.0. The van der Waals surface area contributed by atoms with Crippen LogP contribution >= 0.6 is 24.0 Å². The van der Waals surface area contributed by atoms with Crippen molar-refractivity contribution in [2.45, 2.75) is 6.04 Å². The average Bonchev–Trinajstić information content (AvgIpc) is 2.92. The Morgan fingerprint density at radius 2 is 1.93 bits per heavy atom. The largest absolute Gasteiger partial charge is 0.507 e. The number of aromatic hydroxyl groups is 1. The number of rotatable bonds is 5. The highest BCUT2D eigenvalue weighted by molar-refractivity contribution is 8.26. The first kappa shape index (κ1) is 19.5. The lowest BCUT2D eigenvalue weighted by atomic mass is 10.1. The quantitative estimate of drug-likeness (QED) is 0.329. The Morgan fingerprint density at radius 3 is 2.54 bits per heavy atom. The van der Waals surface area contributed by atoms with Gasteiger partial charge in [0.25, 0.3) is 11.6 Å². The number of hydrogen-bond donors (Lipinski definition) is 2. The van der Waals surface area contributed by atoms with Crippen molar-refractivity contribution in [1.82, 2.24) is 4.90 Å². The van der Waals surface area contributed by atoms with Crippen LogP contribution in [0.1, 0.15) is 17.2 Å². The highest BCUT2D eigenvalue weighted by Gasteiger charge is 2.41. The van der Waals surface area contributed by atoms with Crippen LogP contribution in [0.4, 0.5) is 5.69 Å². The SMILES string of the molecule is O=C(O)C(c1ccccc1)N1C(=O)/C(=C/c2cc([N+](=O)[O-])ccc2O)SC1=S. The lowest BCUT2D eigenvalue weighted by Gasteiger charge is -2.23. The third kappa shape index (κ3) is 3.73. The summed E-state index contributed by atoms with van der Waals surface area (Å²) in [6.07, 6.45) is 1.26. The number of aliphatic carboxylic acids is 1. The molecule has 142 valence electrons. The maximum atomic E-state index is 12.8. The average molecular weight is 416 g/mol. The second-order valence-electron chi connectivity index (χ2n) is 5.70. The van der Waals surface area contributed by atoms with Crippen molar-refractivity contribution in [3.63, 3.8) is 0 Å². The number of amides is 1. The number of thiocarbonyl (C=S) groups is 1. The van der Waals surface area contributed by atoms with E-state index in [-0.39, 0.29) is 26.2 Å². The molecule has 1 atom stereocenters. The Morgan fingerprint density at radius 1 is 1.25 bits per heavy atom. The number of non-ortho nitro benzene ring substituents is 1. The van der Waals surface area contributed by atoms with Crippen molar-refractivity contribution in [2.75, 3.05) is 0 Å². The number of nitrogens with zero attached hydrogens (tertiary/aromatic N) is 2. The monoisotopic (exact) mass is 416 g/mol. The predicted octanol–water partition coefficient (Wildman–Crippen LogP) is 3.33. The van der Waals surface area contributed by atoms with Gasteiger partial charge in [0.1, 0.15) is 10.1 Å². The minimum Gasteiger partial charge on any atom is -0.507 e. The maximum absolute atomic E-state index is 12.8. The van der Waals surface area contributed by atoms with Gasteiger partial charge in [0.15, 0.2) is 6.04 Å². The Kier molecular flexibility index (Phi) is 5.43. The molecule has 0 radical (unpaired) electrons. The van der Waals surface area contributed by atoms with Gasteiger partial charge in [-0.3, -0.25) is 19.8 Å². The number of benzene rings is 2. The summed E-state index contributed by atoms with van der Waals surface area (Å²) in [5.41, 5.74) is 0.180. The van der Waals surface area contributed by atoms with Gasteiger partial charge in [0.2, 0.25) is 0 Å². The van der Waals surface area contributed by atoms with Crippen molar-refractivity contribution < 1.29 is 24.7 Å².